The fourth-order valence-corrected chi connectivity index (χ4v) is 3.62. The number of ketones is 1. The van der Waals surface area contributed by atoms with E-state index in [1.165, 1.54) is 0 Å². The first-order valence-corrected chi connectivity index (χ1v) is 9.11. The summed E-state index contributed by atoms with van der Waals surface area (Å²) in [7, 11) is 0. The Morgan fingerprint density at radius 3 is 2.26 bits per heavy atom. The molecular weight excluding hydrogens is 340 g/mol. The van der Waals surface area contributed by atoms with Gasteiger partial charge in [-0.05, 0) is 55.5 Å². The van der Waals surface area contributed by atoms with Crippen LogP contribution in [0.15, 0.2) is 42.5 Å². The van der Waals surface area contributed by atoms with Crippen molar-refractivity contribution in [3.63, 3.8) is 0 Å². The molecule has 1 unspecified atom stereocenters. The Hall–Kier alpha value is -2.95. The zero-order valence-electron chi connectivity index (χ0n) is 16.1. The predicted molar refractivity (Wildman–Crippen MR) is 104 cm³/mol. The first-order valence-electron chi connectivity index (χ1n) is 9.11. The van der Waals surface area contributed by atoms with Gasteiger partial charge in [-0.2, -0.15) is 0 Å². The lowest BCUT2D eigenvalue weighted by molar-refractivity contribution is -0.131. The van der Waals surface area contributed by atoms with Crippen molar-refractivity contribution >= 4 is 17.7 Å². The van der Waals surface area contributed by atoms with Crippen molar-refractivity contribution in [2.45, 2.75) is 39.7 Å². The van der Waals surface area contributed by atoms with Crippen LogP contribution < -0.4 is 5.32 Å². The third-order valence-corrected chi connectivity index (χ3v) is 5.42. The van der Waals surface area contributed by atoms with Gasteiger partial charge in [-0.15, -0.1) is 0 Å². The smallest absolute Gasteiger partial charge is 0.319 e. The van der Waals surface area contributed by atoms with Gasteiger partial charge in [0.25, 0.3) is 5.91 Å². The van der Waals surface area contributed by atoms with Crippen LogP contribution in [0.25, 0.3) is 0 Å². The molecule has 27 heavy (non-hydrogen) atoms. The van der Waals surface area contributed by atoms with Crippen molar-refractivity contribution in [3.8, 4) is 0 Å². The fourth-order valence-electron chi connectivity index (χ4n) is 3.62. The van der Waals surface area contributed by atoms with Gasteiger partial charge < -0.3 is 5.32 Å². The maximum atomic E-state index is 13.1. The summed E-state index contributed by atoms with van der Waals surface area (Å²) >= 11 is 0. The zero-order valence-corrected chi connectivity index (χ0v) is 16.1. The first kappa shape index (κ1) is 18.8. The summed E-state index contributed by atoms with van der Waals surface area (Å²) in [4.78, 5) is 39.6. The minimum absolute atomic E-state index is 0.237. The van der Waals surface area contributed by atoms with E-state index >= 15 is 0 Å². The van der Waals surface area contributed by atoms with Crippen LogP contribution in [0.2, 0.25) is 0 Å². The molecule has 3 amide bonds. The van der Waals surface area contributed by atoms with E-state index in [1.807, 2.05) is 70.2 Å². The number of amides is 3. The molecule has 0 aliphatic carbocycles. The summed E-state index contributed by atoms with van der Waals surface area (Å²) in [5.74, 6) is -0.616. The van der Waals surface area contributed by atoms with Gasteiger partial charge in [-0.1, -0.05) is 43.3 Å². The van der Waals surface area contributed by atoms with Crippen LogP contribution in [0.1, 0.15) is 46.0 Å². The van der Waals surface area contributed by atoms with Gasteiger partial charge >= 0.3 is 6.03 Å². The Labute approximate surface area is 159 Å². The molecule has 3 rings (SSSR count). The summed E-state index contributed by atoms with van der Waals surface area (Å²) in [6, 6.07) is 12.4. The highest BCUT2D eigenvalue weighted by atomic mass is 16.2. The molecule has 1 aliphatic heterocycles. The molecule has 1 saturated heterocycles. The van der Waals surface area contributed by atoms with Crippen LogP contribution in [0.3, 0.4) is 0 Å². The summed E-state index contributed by atoms with van der Waals surface area (Å²) in [6.45, 7) is 7.39. The Kier molecular flexibility index (Phi) is 4.87. The number of nitrogens with one attached hydrogen (secondary N) is 1. The average molecular weight is 364 g/mol. The largest absolute Gasteiger partial charge is 0.325 e. The first-order chi connectivity index (χ1) is 12.8. The minimum atomic E-state index is -1.11. The van der Waals surface area contributed by atoms with Crippen molar-refractivity contribution < 1.29 is 14.4 Å². The van der Waals surface area contributed by atoms with Gasteiger partial charge in [-0.25, -0.2) is 4.79 Å². The molecule has 2 aromatic rings. The molecule has 0 bridgehead atoms. The second kappa shape index (κ2) is 6.99. The van der Waals surface area contributed by atoms with Crippen molar-refractivity contribution in [2.24, 2.45) is 0 Å². The topological polar surface area (TPSA) is 66.5 Å². The number of carbonyl (C=O) groups is 3. The van der Waals surface area contributed by atoms with Crippen molar-refractivity contribution in [3.05, 3.63) is 70.3 Å². The van der Waals surface area contributed by atoms with E-state index < -0.39 is 11.6 Å². The maximum Gasteiger partial charge on any atom is 0.325 e. The zero-order chi connectivity index (χ0) is 19.8. The lowest BCUT2D eigenvalue weighted by atomic mass is 9.87. The van der Waals surface area contributed by atoms with Crippen LogP contribution in [0.5, 0.6) is 0 Å². The molecule has 1 N–H and O–H groups in total. The minimum Gasteiger partial charge on any atom is -0.319 e. The second-order valence-electron chi connectivity index (χ2n) is 7.12. The molecule has 5 nitrogen and oxygen atoms in total. The van der Waals surface area contributed by atoms with Crippen LogP contribution in [0.4, 0.5) is 4.79 Å². The number of aryl methyl sites for hydroxylation is 3. The Balaban J connectivity index is 1.90. The lowest BCUT2D eigenvalue weighted by Gasteiger charge is -2.25. The highest BCUT2D eigenvalue weighted by Gasteiger charge is 2.51. The molecule has 0 spiro atoms. The molecule has 1 atom stereocenters. The monoisotopic (exact) mass is 364 g/mol. The maximum absolute atomic E-state index is 13.1. The SMILES string of the molecule is CCC1(c2ccccc2)NC(=O)N(CC(=O)c2cc(C)c(C)cc2C)C1=O. The van der Waals surface area contributed by atoms with Crippen molar-refractivity contribution in [1.82, 2.24) is 10.2 Å². The number of rotatable bonds is 5. The molecule has 0 saturated carbocycles. The van der Waals surface area contributed by atoms with Gasteiger partial charge in [0.2, 0.25) is 0 Å². The Morgan fingerprint density at radius 2 is 1.63 bits per heavy atom. The van der Waals surface area contributed by atoms with Crippen molar-refractivity contribution in [2.75, 3.05) is 6.54 Å². The summed E-state index contributed by atoms with van der Waals surface area (Å²) in [5.41, 5.74) is 3.12. The fraction of sp³-hybridized carbons (Fsp3) is 0.318. The summed E-state index contributed by atoms with van der Waals surface area (Å²) in [6.07, 6.45) is 0.412. The number of nitrogens with zero attached hydrogens (tertiary/aromatic N) is 1. The molecule has 1 heterocycles. The molecule has 140 valence electrons. The van der Waals surface area contributed by atoms with Crippen LogP contribution in [-0.2, 0) is 10.3 Å². The second-order valence-corrected chi connectivity index (χ2v) is 7.12. The molecular formula is C22H24N2O3. The third-order valence-electron chi connectivity index (χ3n) is 5.42. The summed E-state index contributed by atoms with van der Waals surface area (Å²) in [5, 5.41) is 2.81. The van der Waals surface area contributed by atoms with E-state index in [4.69, 9.17) is 0 Å². The Bertz CT molecular complexity index is 921. The Morgan fingerprint density at radius 1 is 1.00 bits per heavy atom. The standard InChI is InChI=1S/C22H24N2O3/c1-5-22(17-9-7-6-8-10-17)20(26)24(21(27)23-22)13-19(25)18-12-15(3)14(2)11-16(18)4/h6-12H,5,13H2,1-4H3,(H,23,27). The van der Waals surface area contributed by atoms with Crippen LogP contribution >= 0.6 is 0 Å². The number of hydrogen-bond donors (Lipinski definition) is 1. The number of Topliss-reactive ketones (excluding diaryl/α,β-unsaturated/α-hetero) is 1. The number of benzene rings is 2. The number of imide groups is 1. The normalized spacial score (nSPS) is 19.3. The van der Waals surface area contributed by atoms with Gasteiger partial charge in [-0.3, -0.25) is 14.5 Å². The quantitative estimate of drug-likeness (QED) is 0.650. The number of carbonyl (C=O) groups excluding carboxylic acids is 3. The predicted octanol–water partition coefficient (Wildman–Crippen LogP) is 3.65. The van der Waals surface area contributed by atoms with Gasteiger partial charge in [0.05, 0.1) is 6.54 Å². The van der Waals surface area contributed by atoms with Gasteiger partial charge in [0, 0.05) is 5.56 Å². The van der Waals surface area contributed by atoms with E-state index in [0.717, 1.165) is 27.2 Å². The van der Waals surface area contributed by atoms with Gasteiger partial charge in [0.15, 0.2) is 5.78 Å². The molecule has 2 aromatic carbocycles. The molecule has 1 fully saturated rings. The number of urea groups is 1. The third kappa shape index (κ3) is 3.14. The highest BCUT2D eigenvalue weighted by Crippen LogP contribution is 2.32. The average Bonchev–Trinajstić information content (AvgIpc) is 2.90. The van der Waals surface area contributed by atoms with Gasteiger partial charge in [0.1, 0.15) is 5.54 Å². The molecule has 0 aromatic heterocycles. The van der Waals surface area contributed by atoms with Crippen LogP contribution in [-0.4, -0.2) is 29.2 Å². The molecule has 1 aliphatic rings. The van der Waals surface area contributed by atoms with Crippen molar-refractivity contribution in [1.29, 1.82) is 0 Å². The van der Waals surface area contributed by atoms with E-state index in [0.29, 0.717) is 12.0 Å². The van der Waals surface area contributed by atoms with E-state index in [-0.39, 0.29) is 18.2 Å². The highest BCUT2D eigenvalue weighted by molar-refractivity contribution is 6.11. The van der Waals surface area contributed by atoms with Crippen LogP contribution in [0, 0.1) is 20.8 Å². The van der Waals surface area contributed by atoms with E-state index in [9.17, 15) is 14.4 Å². The lowest BCUT2D eigenvalue weighted by Crippen LogP contribution is -2.43. The number of hydrogen-bond acceptors (Lipinski definition) is 3. The molecule has 0 radical (unpaired) electrons. The molecule has 5 heteroatoms. The van der Waals surface area contributed by atoms with E-state index in [2.05, 4.69) is 5.32 Å². The van der Waals surface area contributed by atoms with E-state index in [1.54, 1.807) is 0 Å². The summed E-state index contributed by atoms with van der Waals surface area (Å²) < 4.78 is 0.